The Morgan fingerprint density at radius 2 is 1.62 bits per heavy atom. The standard InChI is InChI=1S/C22H21NO3/c1-25-20-14-8-13-18(22(20)24)21-15-19(16-9-4-2-5-10-16)23(26-21)17-11-6-3-7-12-17/h2-14,19,21,24H,15H2,1H3/t19-,21-/m1/s1. The lowest BCUT2D eigenvalue weighted by atomic mass is 9.97. The van der Waals surface area contributed by atoms with Crippen molar-refractivity contribution in [3.8, 4) is 11.5 Å². The minimum atomic E-state index is -0.254. The molecule has 1 N–H and O–H groups in total. The molecule has 2 atom stereocenters. The number of anilines is 1. The first kappa shape index (κ1) is 16.5. The van der Waals surface area contributed by atoms with Crippen LogP contribution in [0.2, 0.25) is 0 Å². The van der Waals surface area contributed by atoms with Crippen LogP contribution in [0, 0.1) is 0 Å². The predicted molar refractivity (Wildman–Crippen MR) is 101 cm³/mol. The number of phenols is 1. The zero-order valence-electron chi connectivity index (χ0n) is 14.6. The molecule has 132 valence electrons. The summed E-state index contributed by atoms with van der Waals surface area (Å²) in [5, 5.41) is 12.5. The fourth-order valence-corrected chi connectivity index (χ4v) is 3.46. The number of hydrogen-bond donors (Lipinski definition) is 1. The van der Waals surface area contributed by atoms with E-state index in [4.69, 9.17) is 9.57 Å². The Balaban J connectivity index is 1.72. The zero-order valence-corrected chi connectivity index (χ0v) is 14.6. The summed E-state index contributed by atoms with van der Waals surface area (Å²) in [7, 11) is 1.55. The molecular formula is C22H21NO3. The van der Waals surface area contributed by atoms with Crippen LogP contribution in [-0.2, 0) is 4.84 Å². The number of hydroxylamine groups is 1. The van der Waals surface area contributed by atoms with Crippen molar-refractivity contribution in [2.45, 2.75) is 18.6 Å². The van der Waals surface area contributed by atoms with Crippen molar-refractivity contribution in [3.63, 3.8) is 0 Å². The third kappa shape index (κ3) is 3.00. The minimum absolute atomic E-state index is 0.0641. The lowest BCUT2D eigenvalue weighted by Crippen LogP contribution is -2.21. The molecule has 0 radical (unpaired) electrons. The molecule has 0 unspecified atom stereocenters. The number of para-hydroxylation sites is 2. The third-order valence-corrected chi connectivity index (χ3v) is 4.75. The van der Waals surface area contributed by atoms with Crippen LogP contribution in [0.1, 0.15) is 29.7 Å². The molecule has 0 spiro atoms. The van der Waals surface area contributed by atoms with Crippen molar-refractivity contribution in [2.24, 2.45) is 0 Å². The summed E-state index contributed by atoms with van der Waals surface area (Å²) in [6, 6.07) is 25.9. The first-order valence-corrected chi connectivity index (χ1v) is 8.70. The normalized spacial score (nSPS) is 19.5. The summed E-state index contributed by atoms with van der Waals surface area (Å²) in [6.45, 7) is 0. The van der Waals surface area contributed by atoms with Gasteiger partial charge in [-0.2, -0.15) is 0 Å². The Kier molecular flexibility index (Phi) is 4.50. The van der Waals surface area contributed by atoms with Crippen LogP contribution < -0.4 is 9.80 Å². The maximum absolute atomic E-state index is 10.5. The number of hydrogen-bond acceptors (Lipinski definition) is 4. The smallest absolute Gasteiger partial charge is 0.163 e. The Morgan fingerprint density at radius 3 is 2.31 bits per heavy atom. The zero-order chi connectivity index (χ0) is 17.9. The molecule has 1 aliphatic heterocycles. The van der Waals surface area contributed by atoms with E-state index in [-0.39, 0.29) is 17.9 Å². The highest BCUT2D eigenvalue weighted by atomic mass is 16.7. The van der Waals surface area contributed by atoms with Gasteiger partial charge in [0, 0.05) is 12.0 Å². The third-order valence-electron chi connectivity index (χ3n) is 4.75. The van der Waals surface area contributed by atoms with Crippen LogP contribution >= 0.6 is 0 Å². The average Bonchev–Trinajstić information content (AvgIpc) is 3.15. The molecule has 26 heavy (non-hydrogen) atoms. The van der Waals surface area contributed by atoms with E-state index in [9.17, 15) is 5.11 Å². The first-order valence-electron chi connectivity index (χ1n) is 8.70. The SMILES string of the molecule is COc1cccc([C@H]2C[C@H](c3ccccc3)N(c3ccccc3)O2)c1O. The summed E-state index contributed by atoms with van der Waals surface area (Å²) >= 11 is 0. The molecule has 0 bridgehead atoms. The van der Waals surface area contributed by atoms with Gasteiger partial charge in [0.25, 0.3) is 0 Å². The number of benzene rings is 3. The van der Waals surface area contributed by atoms with Crippen molar-refractivity contribution in [3.05, 3.63) is 90.0 Å². The fourth-order valence-electron chi connectivity index (χ4n) is 3.46. The van der Waals surface area contributed by atoms with Gasteiger partial charge in [0.2, 0.25) is 0 Å². The van der Waals surface area contributed by atoms with Crippen molar-refractivity contribution in [1.82, 2.24) is 0 Å². The Hall–Kier alpha value is -2.98. The molecule has 1 fully saturated rings. The number of methoxy groups -OCH3 is 1. The maximum Gasteiger partial charge on any atom is 0.163 e. The molecule has 3 aromatic rings. The van der Waals surface area contributed by atoms with Gasteiger partial charge in [0.15, 0.2) is 11.5 Å². The van der Waals surface area contributed by atoms with Crippen LogP contribution in [-0.4, -0.2) is 12.2 Å². The van der Waals surface area contributed by atoms with Crippen LogP contribution in [0.4, 0.5) is 5.69 Å². The Morgan fingerprint density at radius 1 is 0.923 bits per heavy atom. The Bertz CT molecular complexity index is 820. The summed E-state index contributed by atoms with van der Waals surface area (Å²) in [5.41, 5.74) is 2.91. The number of rotatable bonds is 4. The van der Waals surface area contributed by atoms with Crippen LogP contribution in [0.3, 0.4) is 0 Å². The highest BCUT2D eigenvalue weighted by Crippen LogP contribution is 2.47. The van der Waals surface area contributed by atoms with Crippen LogP contribution in [0.15, 0.2) is 78.9 Å². The van der Waals surface area contributed by atoms with Gasteiger partial charge in [-0.25, -0.2) is 5.06 Å². The summed E-state index contributed by atoms with van der Waals surface area (Å²) in [4.78, 5) is 6.30. The molecular weight excluding hydrogens is 326 g/mol. The monoisotopic (exact) mass is 347 g/mol. The van der Waals surface area contributed by atoms with Crippen LogP contribution in [0.25, 0.3) is 0 Å². The fraction of sp³-hybridized carbons (Fsp3) is 0.182. The maximum atomic E-state index is 10.5. The highest BCUT2D eigenvalue weighted by Gasteiger charge is 2.37. The van der Waals surface area contributed by atoms with Gasteiger partial charge in [0.05, 0.1) is 18.8 Å². The molecule has 0 saturated carbocycles. The van der Waals surface area contributed by atoms with Crippen molar-refractivity contribution < 1.29 is 14.7 Å². The average molecular weight is 347 g/mol. The Labute approximate surface area is 153 Å². The van der Waals surface area contributed by atoms with E-state index in [0.717, 1.165) is 17.7 Å². The topological polar surface area (TPSA) is 41.9 Å². The van der Waals surface area contributed by atoms with Gasteiger partial charge in [0.1, 0.15) is 6.10 Å². The quantitative estimate of drug-likeness (QED) is 0.719. The molecule has 4 rings (SSSR count). The predicted octanol–water partition coefficient (Wildman–Crippen LogP) is 5.03. The number of phenolic OH excluding ortho intramolecular Hbond substituents is 1. The molecule has 1 heterocycles. The molecule has 0 aliphatic carbocycles. The molecule has 4 nitrogen and oxygen atoms in total. The van der Waals surface area contributed by atoms with E-state index in [1.165, 1.54) is 5.56 Å². The van der Waals surface area contributed by atoms with Gasteiger partial charge in [-0.3, -0.25) is 4.84 Å². The largest absolute Gasteiger partial charge is 0.504 e. The van der Waals surface area contributed by atoms with Gasteiger partial charge in [-0.15, -0.1) is 0 Å². The van der Waals surface area contributed by atoms with E-state index >= 15 is 0 Å². The van der Waals surface area contributed by atoms with Crippen molar-refractivity contribution in [2.75, 3.05) is 12.2 Å². The number of nitrogens with zero attached hydrogens (tertiary/aromatic N) is 1. The second kappa shape index (κ2) is 7.10. The van der Waals surface area contributed by atoms with E-state index < -0.39 is 0 Å². The lowest BCUT2D eigenvalue weighted by Gasteiger charge is -2.25. The van der Waals surface area contributed by atoms with Gasteiger partial charge in [-0.05, 0) is 23.8 Å². The number of ether oxygens (including phenoxy) is 1. The van der Waals surface area contributed by atoms with Gasteiger partial charge >= 0.3 is 0 Å². The second-order valence-electron chi connectivity index (χ2n) is 6.32. The summed E-state index contributed by atoms with van der Waals surface area (Å²) in [5.74, 6) is 0.599. The summed E-state index contributed by atoms with van der Waals surface area (Å²) in [6.07, 6.45) is 0.482. The van der Waals surface area contributed by atoms with Crippen molar-refractivity contribution in [1.29, 1.82) is 0 Å². The molecule has 1 aliphatic rings. The molecule has 3 aromatic carbocycles. The second-order valence-corrected chi connectivity index (χ2v) is 6.32. The van der Waals surface area contributed by atoms with E-state index in [1.807, 2.05) is 65.7 Å². The summed E-state index contributed by atoms with van der Waals surface area (Å²) < 4.78 is 5.25. The van der Waals surface area contributed by atoms with Gasteiger partial charge in [-0.1, -0.05) is 60.7 Å². The molecule has 4 heteroatoms. The van der Waals surface area contributed by atoms with Crippen molar-refractivity contribution >= 4 is 5.69 Å². The molecule has 1 saturated heterocycles. The van der Waals surface area contributed by atoms with E-state index in [1.54, 1.807) is 13.2 Å². The first-order chi connectivity index (χ1) is 12.8. The lowest BCUT2D eigenvalue weighted by molar-refractivity contribution is 0.0816. The van der Waals surface area contributed by atoms with Crippen LogP contribution in [0.5, 0.6) is 11.5 Å². The number of aromatic hydroxyl groups is 1. The van der Waals surface area contributed by atoms with Gasteiger partial charge < -0.3 is 9.84 Å². The minimum Gasteiger partial charge on any atom is -0.504 e. The highest BCUT2D eigenvalue weighted by molar-refractivity contribution is 5.50. The van der Waals surface area contributed by atoms with E-state index in [2.05, 4.69) is 12.1 Å². The molecule has 0 aromatic heterocycles. The molecule has 0 amide bonds. The van der Waals surface area contributed by atoms with E-state index in [0.29, 0.717) is 5.75 Å².